The number of rotatable bonds is 5. The highest BCUT2D eigenvalue weighted by Crippen LogP contribution is 2.48. The van der Waals surface area contributed by atoms with Crippen LogP contribution in [0.5, 0.6) is 0 Å². The summed E-state index contributed by atoms with van der Waals surface area (Å²) in [5, 5.41) is 0.870. The Morgan fingerprint density at radius 2 is 1.71 bits per heavy atom. The fraction of sp³-hybridized carbons (Fsp3) is 0.583. The second kappa shape index (κ2) is 9.18. The van der Waals surface area contributed by atoms with Crippen LogP contribution in [0.2, 0.25) is 0 Å². The van der Waals surface area contributed by atoms with E-state index in [0.717, 1.165) is 26.8 Å². The Kier molecular flexibility index (Phi) is 6.39. The third-order valence-electron chi connectivity index (χ3n) is 7.44. The van der Waals surface area contributed by atoms with Crippen LogP contribution in [0.15, 0.2) is 24.3 Å². The van der Waals surface area contributed by atoms with Crippen molar-refractivity contribution < 1.29 is 22.0 Å². The van der Waals surface area contributed by atoms with E-state index < -0.39 is 34.0 Å². The minimum atomic E-state index is -2.95. The zero-order valence-electron chi connectivity index (χ0n) is 18.8. The first-order valence-corrected chi connectivity index (χ1v) is 14.5. The van der Waals surface area contributed by atoms with Crippen molar-refractivity contribution in [3.63, 3.8) is 0 Å². The Labute approximate surface area is 202 Å². The van der Waals surface area contributed by atoms with E-state index in [0.29, 0.717) is 38.8 Å². The third-order valence-corrected chi connectivity index (χ3v) is 10.3. The van der Waals surface area contributed by atoms with Crippen LogP contribution in [-0.2, 0) is 14.6 Å². The number of thiazole rings is 1. The van der Waals surface area contributed by atoms with Gasteiger partial charge in [0, 0.05) is 36.5 Å². The summed E-state index contributed by atoms with van der Waals surface area (Å²) >= 11 is 1.53. The second-order valence-corrected chi connectivity index (χ2v) is 13.1. The van der Waals surface area contributed by atoms with E-state index >= 15 is 0 Å². The molecule has 1 aromatic carbocycles. The van der Waals surface area contributed by atoms with Gasteiger partial charge in [-0.25, -0.2) is 22.2 Å². The molecule has 10 heteroatoms. The predicted molar refractivity (Wildman–Crippen MR) is 129 cm³/mol. The van der Waals surface area contributed by atoms with Gasteiger partial charge in [-0.3, -0.25) is 4.79 Å². The number of aromatic nitrogens is 1. The van der Waals surface area contributed by atoms with Gasteiger partial charge in [0.05, 0.1) is 27.1 Å². The molecule has 3 aliphatic rings. The van der Waals surface area contributed by atoms with Crippen molar-refractivity contribution in [2.45, 2.75) is 56.3 Å². The Morgan fingerprint density at radius 3 is 2.32 bits per heavy atom. The second-order valence-electron chi connectivity index (χ2n) is 9.74. The molecule has 34 heavy (non-hydrogen) atoms. The number of nitrogens with zero attached hydrogens (tertiary/aromatic N) is 2. The van der Waals surface area contributed by atoms with Crippen LogP contribution in [0.1, 0.15) is 54.6 Å². The number of sulfone groups is 1. The number of amides is 1. The van der Waals surface area contributed by atoms with Crippen molar-refractivity contribution in [3.05, 3.63) is 35.0 Å². The lowest BCUT2D eigenvalue weighted by Gasteiger charge is -2.31. The molecule has 1 aromatic heterocycles. The molecule has 2 N–H and O–H groups in total. The quantitative estimate of drug-likeness (QED) is 0.658. The van der Waals surface area contributed by atoms with E-state index in [9.17, 15) is 22.0 Å². The fourth-order valence-electron chi connectivity index (χ4n) is 5.29. The molecule has 2 heterocycles. The summed E-state index contributed by atoms with van der Waals surface area (Å²) in [6, 6.07) is 7.92. The average molecular weight is 510 g/mol. The lowest BCUT2D eigenvalue weighted by atomic mass is 9.75. The Balaban J connectivity index is 1.46. The molecule has 3 atom stereocenters. The lowest BCUT2D eigenvalue weighted by Crippen LogP contribution is -2.40. The molecule has 1 saturated heterocycles. The topological polar surface area (TPSA) is 93.4 Å². The van der Waals surface area contributed by atoms with Crippen molar-refractivity contribution in [1.82, 2.24) is 4.98 Å². The Bertz CT molecular complexity index is 1150. The van der Waals surface area contributed by atoms with E-state index in [1.165, 1.54) is 11.3 Å². The highest BCUT2D eigenvalue weighted by molar-refractivity contribution is 7.91. The summed E-state index contributed by atoms with van der Waals surface area (Å²) < 4.78 is 51.1. The van der Waals surface area contributed by atoms with E-state index in [1.807, 2.05) is 24.3 Å². The van der Waals surface area contributed by atoms with Crippen LogP contribution in [0, 0.1) is 5.92 Å². The Morgan fingerprint density at radius 1 is 1.03 bits per heavy atom. The molecule has 2 aromatic rings. The standard InChI is InChI=1S/C24H29F2N3O3S2/c25-16-3-6-19(20(13-16)23(27)30)21-22(33-24(28-21)15-11-17(26)12-15)14-1-4-18(5-2-14)29-7-9-34(31,32)10-8-29/h1-2,4-5,15-17,19-20H,3,6-13H2,(H2,27,30)/t15?,16-,17?,19+,20+/m0/s1. The van der Waals surface area contributed by atoms with Gasteiger partial charge in [-0.2, -0.15) is 0 Å². The molecule has 0 bridgehead atoms. The maximum atomic E-state index is 14.1. The number of benzene rings is 1. The largest absolute Gasteiger partial charge is 0.369 e. The maximum absolute atomic E-state index is 14.1. The van der Waals surface area contributed by atoms with E-state index in [-0.39, 0.29) is 29.8 Å². The smallest absolute Gasteiger partial charge is 0.221 e. The van der Waals surface area contributed by atoms with Gasteiger partial charge in [-0.15, -0.1) is 11.3 Å². The number of anilines is 1. The van der Waals surface area contributed by atoms with Crippen molar-refractivity contribution in [3.8, 4) is 10.4 Å². The van der Waals surface area contributed by atoms with E-state index in [1.54, 1.807) is 0 Å². The van der Waals surface area contributed by atoms with Crippen molar-refractivity contribution in [1.29, 1.82) is 0 Å². The highest BCUT2D eigenvalue weighted by atomic mass is 32.2. The van der Waals surface area contributed by atoms with Gasteiger partial charge >= 0.3 is 0 Å². The predicted octanol–water partition coefficient (Wildman–Crippen LogP) is 3.97. The minimum Gasteiger partial charge on any atom is -0.369 e. The molecule has 6 nitrogen and oxygen atoms in total. The monoisotopic (exact) mass is 509 g/mol. The number of carbonyl (C=O) groups excluding carboxylic acids is 1. The van der Waals surface area contributed by atoms with Gasteiger partial charge in [0.25, 0.3) is 0 Å². The Hall–Kier alpha value is -2.07. The summed E-state index contributed by atoms with van der Waals surface area (Å²) in [6.45, 7) is 0.937. The van der Waals surface area contributed by atoms with Crippen molar-refractivity contribution >= 4 is 32.8 Å². The first-order chi connectivity index (χ1) is 16.2. The number of alkyl halides is 2. The van der Waals surface area contributed by atoms with Crippen molar-refractivity contribution in [2.24, 2.45) is 11.7 Å². The summed E-state index contributed by atoms with van der Waals surface area (Å²) in [5.41, 5.74) is 8.33. The molecule has 184 valence electrons. The first-order valence-electron chi connectivity index (χ1n) is 11.8. The van der Waals surface area contributed by atoms with Crippen molar-refractivity contribution in [2.75, 3.05) is 29.5 Å². The molecule has 1 amide bonds. The molecular weight excluding hydrogens is 480 g/mol. The number of hydrogen-bond donors (Lipinski definition) is 1. The lowest BCUT2D eigenvalue weighted by molar-refractivity contribution is -0.124. The van der Waals surface area contributed by atoms with Crippen LogP contribution >= 0.6 is 11.3 Å². The van der Waals surface area contributed by atoms with Gasteiger partial charge < -0.3 is 10.6 Å². The molecule has 2 aliphatic carbocycles. The molecule has 2 saturated carbocycles. The van der Waals surface area contributed by atoms with Crippen LogP contribution in [0.4, 0.5) is 14.5 Å². The van der Waals surface area contributed by atoms with E-state index in [4.69, 9.17) is 10.7 Å². The summed E-state index contributed by atoms with van der Waals surface area (Å²) in [5.74, 6) is -0.984. The number of hydrogen-bond acceptors (Lipinski definition) is 6. The SMILES string of the molecule is NC(=O)[C@@H]1C[C@@H](F)CC[C@H]1c1nc(C2CC(F)C2)sc1-c1ccc(N2CCS(=O)(=O)CC2)cc1. The zero-order valence-corrected chi connectivity index (χ0v) is 20.5. The summed E-state index contributed by atoms with van der Waals surface area (Å²) in [4.78, 5) is 20.1. The molecule has 3 fully saturated rings. The van der Waals surface area contributed by atoms with Gasteiger partial charge in [0.2, 0.25) is 5.91 Å². The summed E-state index contributed by atoms with van der Waals surface area (Å²) in [7, 11) is -2.95. The molecule has 1 aliphatic heterocycles. The van der Waals surface area contributed by atoms with Crippen LogP contribution in [0.3, 0.4) is 0 Å². The molecular formula is C24H29F2N3O3S2. The highest BCUT2D eigenvalue weighted by Gasteiger charge is 2.40. The molecule has 0 radical (unpaired) electrons. The molecule has 5 rings (SSSR count). The molecule has 0 spiro atoms. The zero-order chi connectivity index (χ0) is 24.0. The number of carbonyl (C=O) groups is 1. The van der Waals surface area contributed by atoms with Gasteiger partial charge in [-0.1, -0.05) is 12.1 Å². The number of primary amides is 1. The third kappa shape index (κ3) is 4.71. The number of nitrogens with two attached hydrogens (primary N) is 1. The van der Waals surface area contributed by atoms with Gasteiger partial charge in [-0.05, 0) is 49.8 Å². The van der Waals surface area contributed by atoms with Gasteiger partial charge in [0.1, 0.15) is 12.3 Å². The first kappa shape index (κ1) is 23.7. The van der Waals surface area contributed by atoms with E-state index in [2.05, 4.69) is 4.90 Å². The normalized spacial score (nSPS) is 31.1. The van der Waals surface area contributed by atoms with Gasteiger partial charge in [0.15, 0.2) is 9.84 Å². The fourth-order valence-corrected chi connectivity index (χ4v) is 7.76. The minimum absolute atomic E-state index is 0.0756. The number of halogens is 2. The maximum Gasteiger partial charge on any atom is 0.221 e. The van der Waals surface area contributed by atoms with Crippen LogP contribution in [-0.4, -0.2) is 56.2 Å². The average Bonchev–Trinajstić information content (AvgIpc) is 3.21. The summed E-state index contributed by atoms with van der Waals surface area (Å²) in [6.07, 6.45) is 0.0591. The molecule has 0 unspecified atom stereocenters. The van der Waals surface area contributed by atoms with Crippen LogP contribution in [0.25, 0.3) is 10.4 Å². The van der Waals surface area contributed by atoms with Crippen LogP contribution < -0.4 is 10.6 Å².